The van der Waals surface area contributed by atoms with Gasteiger partial charge in [-0.1, -0.05) is 58.2 Å². The lowest BCUT2D eigenvalue weighted by atomic mass is 9.66. The van der Waals surface area contributed by atoms with Crippen LogP contribution < -0.4 is 0 Å². The van der Waals surface area contributed by atoms with Gasteiger partial charge in [0.2, 0.25) is 0 Å². The van der Waals surface area contributed by atoms with E-state index >= 15 is 0 Å². The maximum atomic E-state index is 13.7. The topological polar surface area (TPSA) is 0 Å². The van der Waals surface area contributed by atoms with Gasteiger partial charge in [-0.15, -0.1) is 0 Å². The highest BCUT2D eigenvalue weighted by molar-refractivity contribution is 5.23. The Hall–Kier alpha value is -0.990. The molecule has 0 unspecified atom stereocenters. The third-order valence-electron chi connectivity index (χ3n) is 8.38. The van der Waals surface area contributed by atoms with E-state index in [2.05, 4.69) is 6.92 Å². The molecule has 0 atom stereocenters. The van der Waals surface area contributed by atoms with Gasteiger partial charge in [0, 0.05) is 5.48 Å². The van der Waals surface area contributed by atoms with E-state index in [9.17, 15) is 13.2 Å². The van der Waals surface area contributed by atoms with Crippen molar-refractivity contribution in [2.45, 2.75) is 109 Å². The number of rotatable bonds is 6. The molecule has 0 nitrogen and oxygen atoms in total. The lowest BCUT2D eigenvalue weighted by Crippen LogP contribution is -2.26. The van der Waals surface area contributed by atoms with Crippen LogP contribution in [0.15, 0.2) is 12.1 Å². The highest BCUT2D eigenvalue weighted by Gasteiger charge is 2.33. The normalized spacial score (nSPS) is 39.7. The molecule has 0 N–H and O–H groups in total. The van der Waals surface area contributed by atoms with E-state index in [1.54, 1.807) is 0 Å². The van der Waals surface area contributed by atoms with Crippen molar-refractivity contribution < 1.29 is 18.7 Å². The van der Waals surface area contributed by atoms with Gasteiger partial charge in [0.15, 0.2) is 17.5 Å². The van der Waals surface area contributed by atoms with Crippen LogP contribution in [0.2, 0.25) is 0 Å². The maximum absolute atomic E-state index is 13.7. The van der Waals surface area contributed by atoms with Gasteiger partial charge in [-0.05, 0) is 98.1 Å². The molecule has 31 heavy (non-hydrogen) atoms. The zero-order chi connectivity index (χ0) is 25.4. The summed E-state index contributed by atoms with van der Waals surface area (Å²) in [6, 6.07) is 2.31. The largest absolute Gasteiger partial charge is 0.204 e. The molecule has 174 valence electrons. The lowest BCUT2D eigenvalue weighted by Gasteiger charge is -2.39. The third-order valence-corrected chi connectivity index (χ3v) is 8.38. The first kappa shape index (κ1) is 18.4. The number of halogens is 3. The quantitative estimate of drug-likeness (QED) is 0.388. The van der Waals surface area contributed by atoms with E-state index < -0.39 is 36.1 Å². The fourth-order valence-corrected chi connectivity index (χ4v) is 6.50. The molecular weight excluding hydrogens is 393 g/mol. The summed E-state index contributed by atoms with van der Waals surface area (Å²) in [6.45, 7) is 2.09. The van der Waals surface area contributed by atoms with E-state index in [4.69, 9.17) is 5.48 Å². The van der Waals surface area contributed by atoms with E-state index in [0.717, 1.165) is 76.3 Å². The third kappa shape index (κ3) is 5.88. The molecule has 0 heterocycles. The minimum Gasteiger partial charge on any atom is -0.204 e. The molecule has 4 rings (SSSR count). The summed E-state index contributed by atoms with van der Waals surface area (Å²) in [6.07, 6.45) is 8.74. The van der Waals surface area contributed by atoms with Crippen LogP contribution in [0.5, 0.6) is 0 Å². The Bertz CT molecular complexity index is 817. The molecular formula is C28H41F3. The van der Waals surface area contributed by atoms with E-state index in [0.29, 0.717) is 42.6 Å². The minimum absolute atomic E-state index is 0.0829. The summed E-state index contributed by atoms with van der Waals surface area (Å²) in [5, 5.41) is 0. The Morgan fingerprint density at radius 3 is 1.84 bits per heavy atom. The smallest absolute Gasteiger partial charge is 0.194 e. The maximum Gasteiger partial charge on any atom is 0.194 e. The standard InChI is InChI=1S/C28H41F3/c1-2-3-19-4-6-20(7-5-19)16-21-8-10-22(11-9-21)23-12-14-24(15-13-23)25-17-26(29)28(31)27(30)18-25/h17-24H,2-16H2,1H3/i6D2,7D2. The molecule has 0 aromatic heterocycles. The summed E-state index contributed by atoms with van der Waals surface area (Å²) in [5.41, 5.74) is 0.570. The first-order valence-corrected chi connectivity index (χ1v) is 12.6. The fourth-order valence-electron chi connectivity index (χ4n) is 6.50. The van der Waals surface area contributed by atoms with E-state index in [-0.39, 0.29) is 11.8 Å². The summed E-state index contributed by atoms with van der Waals surface area (Å²) >= 11 is 0. The predicted octanol–water partition coefficient (Wildman–Crippen LogP) is 9.18. The second-order valence-electron chi connectivity index (χ2n) is 10.5. The molecule has 3 saturated carbocycles. The molecule has 3 aliphatic rings. The van der Waals surface area contributed by atoms with Crippen LogP contribution in [0.25, 0.3) is 0 Å². The van der Waals surface area contributed by atoms with E-state index in [1.165, 1.54) is 0 Å². The molecule has 3 fully saturated rings. The highest BCUT2D eigenvalue weighted by Crippen LogP contribution is 2.46. The van der Waals surface area contributed by atoms with Gasteiger partial charge in [-0.25, -0.2) is 13.2 Å². The number of hydrogen-bond acceptors (Lipinski definition) is 0. The molecule has 1 aromatic rings. The molecule has 0 saturated heterocycles. The van der Waals surface area contributed by atoms with Crippen LogP contribution in [0, 0.1) is 47.0 Å². The monoisotopic (exact) mass is 438 g/mol. The molecule has 0 aliphatic heterocycles. The molecule has 0 radical (unpaired) electrons. The average molecular weight is 439 g/mol. The number of hydrogen-bond donors (Lipinski definition) is 0. The lowest BCUT2D eigenvalue weighted by molar-refractivity contribution is 0.138. The molecule has 0 bridgehead atoms. The van der Waals surface area contributed by atoms with Crippen molar-refractivity contribution in [3.05, 3.63) is 35.1 Å². The minimum atomic E-state index is -1.43. The zero-order valence-electron chi connectivity index (χ0n) is 22.9. The second kappa shape index (κ2) is 10.8. The second-order valence-corrected chi connectivity index (χ2v) is 10.5. The Kier molecular flexibility index (Phi) is 6.39. The van der Waals surface area contributed by atoms with Crippen LogP contribution in [-0.2, 0) is 0 Å². The van der Waals surface area contributed by atoms with Crippen LogP contribution in [-0.4, -0.2) is 0 Å². The fraction of sp³-hybridized carbons (Fsp3) is 0.786. The molecule has 0 spiro atoms. The van der Waals surface area contributed by atoms with Gasteiger partial charge in [0.25, 0.3) is 0 Å². The highest BCUT2D eigenvalue weighted by atomic mass is 19.2. The van der Waals surface area contributed by atoms with Gasteiger partial charge in [0.05, 0.1) is 0 Å². The Balaban J connectivity index is 1.27. The molecule has 3 aliphatic carbocycles. The Labute approximate surface area is 193 Å². The Morgan fingerprint density at radius 1 is 0.742 bits per heavy atom. The van der Waals surface area contributed by atoms with Crippen molar-refractivity contribution in [2.75, 3.05) is 0 Å². The van der Waals surface area contributed by atoms with Crippen molar-refractivity contribution in [1.82, 2.24) is 0 Å². The molecule has 1 aromatic carbocycles. The zero-order valence-corrected chi connectivity index (χ0v) is 18.9. The summed E-state index contributed by atoms with van der Waals surface area (Å²) in [4.78, 5) is 0. The van der Waals surface area contributed by atoms with Crippen LogP contribution in [0.1, 0.15) is 120 Å². The SMILES string of the molecule is [2H]C1([2H])CC(CCC)CC([2H])([2H])C1CC1CCC(C2CCC(c3cc(F)c(F)c(F)c3)CC2)CC1. The Morgan fingerprint density at radius 2 is 1.29 bits per heavy atom. The van der Waals surface area contributed by atoms with Crippen LogP contribution >= 0.6 is 0 Å². The van der Waals surface area contributed by atoms with E-state index in [1.807, 2.05) is 0 Å². The van der Waals surface area contributed by atoms with Gasteiger partial charge in [0.1, 0.15) is 0 Å². The van der Waals surface area contributed by atoms with Crippen molar-refractivity contribution in [3.63, 3.8) is 0 Å². The van der Waals surface area contributed by atoms with Crippen molar-refractivity contribution in [2.24, 2.45) is 29.6 Å². The predicted molar refractivity (Wildman–Crippen MR) is 121 cm³/mol. The number of benzene rings is 1. The first-order chi connectivity index (χ1) is 16.5. The van der Waals surface area contributed by atoms with Gasteiger partial charge in [-0.2, -0.15) is 0 Å². The van der Waals surface area contributed by atoms with Crippen LogP contribution in [0.4, 0.5) is 13.2 Å². The van der Waals surface area contributed by atoms with Gasteiger partial charge >= 0.3 is 0 Å². The summed E-state index contributed by atoms with van der Waals surface area (Å²) in [7, 11) is 0. The molecule has 0 amide bonds. The summed E-state index contributed by atoms with van der Waals surface area (Å²) in [5.74, 6) is -2.26. The summed E-state index contributed by atoms with van der Waals surface area (Å²) < 4.78 is 75.2. The van der Waals surface area contributed by atoms with Gasteiger partial charge < -0.3 is 0 Å². The van der Waals surface area contributed by atoms with Gasteiger partial charge in [-0.3, -0.25) is 0 Å². The van der Waals surface area contributed by atoms with Crippen molar-refractivity contribution >= 4 is 0 Å². The van der Waals surface area contributed by atoms with Crippen LogP contribution in [0.3, 0.4) is 0 Å². The average Bonchev–Trinajstić information content (AvgIpc) is 2.80. The van der Waals surface area contributed by atoms with Crippen molar-refractivity contribution in [1.29, 1.82) is 0 Å². The molecule has 3 heteroatoms. The van der Waals surface area contributed by atoms with Crippen molar-refractivity contribution in [3.8, 4) is 0 Å². The first-order valence-electron chi connectivity index (χ1n) is 14.6.